The molecule has 5 heteroatoms. The maximum atomic E-state index is 12.0. The number of unbranched alkanes of at least 4 members (excludes halogenated alkanes) is 1. The number of carbonyl (C=O) groups excluding carboxylic acids is 1. The highest BCUT2D eigenvalue weighted by molar-refractivity contribution is 9.10. The lowest BCUT2D eigenvalue weighted by Gasteiger charge is -2.14. The number of halogens is 1. The molecule has 1 saturated heterocycles. The molecule has 21 heavy (non-hydrogen) atoms. The van der Waals surface area contributed by atoms with Crippen LogP contribution in [0.15, 0.2) is 28.7 Å². The molecule has 0 aromatic heterocycles. The maximum absolute atomic E-state index is 12.0. The van der Waals surface area contributed by atoms with E-state index < -0.39 is 0 Å². The first-order valence-electron chi connectivity index (χ1n) is 7.48. The van der Waals surface area contributed by atoms with E-state index >= 15 is 0 Å². The summed E-state index contributed by atoms with van der Waals surface area (Å²) in [6.45, 7) is 2.04. The number of nitrogens with one attached hydrogen (secondary N) is 1. The van der Waals surface area contributed by atoms with Gasteiger partial charge in [0.25, 0.3) is 0 Å². The Hall–Kier alpha value is -0.130. The van der Waals surface area contributed by atoms with Crippen LogP contribution < -0.4 is 5.32 Å². The average molecular weight is 388 g/mol. The first-order valence-corrected chi connectivity index (χ1v) is 10.7. The summed E-state index contributed by atoms with van der Waals surface area (Å²) in [5, 5.41) is 3.90. The van der Waals surface area contributed by atoms with Gasteiger partial charge in [0.1, 0.15) is 0 Å². The second-order valence-corrected chi connectivity index (χ2v) is 9.12. The van der Waals surface area contributed by atoms with Crippen molar-refractivity contribution in [3.63, 3.8) is 0 Å². The molecule has 116 valence electrons. The molecule has 0 radical (unpaired) electrons. The second-order valence-electron chi connectivity index (χ2n) is 5.42. The van der Waals surface area contributed by atoms with Crippen LogP contribution in [-0.2, 0) is 4.79 Å². The minimum atomic E-state index is 0.0763. The summed E-state index contributed by atoms with van der Waals surface area (Å²) in [5.41, 5.74) is 1.14. The number of hydrogen-bond donors (Lipinski definition) is 1. The molecule has 0 saturated carbocycles. The molecule has 0 bridgehead atoms. The van der Waals surface area contributed by atoms with E-state index in [2.05, 4.69) is 21.2 Å². The Balaban J connectivity index is 1.63. The number of benzene rings is 1. The van der Waals surface area contributed by atoms with Gasteiger partial charge in [-0.25, -0.2) is 0 Å². The maximum Gasteiger partial charge on any atom is 0.220 e. The van der Waals surface area contributed by atoms with Gasteiger partial charge >= 0.3 is 0 Å². The summed E-state index contributed by atoms with van der Waals surface area (Å²) in [4.78, 5) is 12.0. The van der Waals surface area contributed by atoms with E-state index in [-0.39, 0.29) is 11.9 Å². The van der Waals surface area contributed by atoms with Crippen molar-refractivity contribution < 1.29 is 4.79 Å². The van der Waals surface area contributed by atoms with E-state index in [1.165, 1.54) is 18.6 Å². The molecule has 0 aliphatic carbocycles. The summed E-state index contributed by atoms with van der Waals surface area (Å²) in [5.74, 6) is 1.46. The molecule has 1 heterocycles. The minimum absolute atomic E-state index is 0.0763. The summed E-state index contributed by atoms with van der Waals surface area (Å²) >= 11 is 3.42. The number of amides is 1. The normalized spacial score (nSPS) is 19.4. The van der Waals surface area contributed by atoms with E-state index in [1.807, 2.05) is 52.8 Å². The molecule has 2 rings (SSSR count). The van der Waals surface area contributed by atoms with E-state index in [0.717, 1.165) is 28.1 Å². The van der Waals surface area contributed by atoms with Gasteiger partial charge in [-0.3, -0.25) is 4.79 Å². The summed E-state index contributed by atoms with van der Waals surface area (Å²) in [6, 6.07) is 8.19. The van der Waals surface area contributed by atoms with Gasteiger partial charge in [-0.15, -0.1) is 0 Å². The third-order valence-electron chi connectivity index (χ3n) is 3.65. The van der Waals surface area contributed by atoms with Crippen molar-refractivity contribution in [1.82, 2.24) is 5.32 Å². The Morgan fingerprint density at radius 2 is 2.14 bits per heavy atom. The molecule has 1 aliphatic rings. The van der Waals surface area contributed by atoms with Crippen LogP contribution in [0.25, 0.3) is 0 Å². The fourth-order valence-corrected chi connectivity index (χ4v) is 5.66. The Labute approximate surface area is 143 Å². The standard InChI is InChI=1S/C16H22BrNOS2/c1-12(13-6-8-14(17)9-7-13)18-16(19)5-3-2-4-15-10-11-20-21-15/h6-9,12,15H,2-5,10-11H2,1H3,(H,18,19). The predicted molar refractivity (Wildman–Crippen MR) is 97.6 cm³/mol. The molecular formula is C16H22BrNOS2. The lowest BCUT2D eigenvalue weighted by Crippen LogP contribution is -2.26. The van der Waals surface area contributed by atoms with Crippen LogP contribution >= 0.6 is 37.5 Å². The van der Waals surface area contributed by atoms with Crippen molar-refractivity contribution in [1.29, 1.82) is 0 Å². The largest absolute Gasteiger partial charge is 0.350 e. The quantitative estimate of drug-likeness (QED) is 0.505. The van der Waals surface area contributed by atoms with E-state index in [4.69, 9.17) is 0 Å². The molecule has 0 spiro atoms. The first kappa shape index (κ1) is 17.2. The fraction of sp³-hybridized carbons (Fsp3) is 0.562. The summed E-state index contributed by atoms with van der Waals surface area (Å²) < 4.78 is 1.06. The Bertz CT molecular complexity index is 446. The molecule has 2 unspecified atom stereocenters. The van der Waals surface area contributed by atoms with Crippen molar-refractivity contribution in [2.45, 2.75) is 50.3 Å². The molecule has 2 nitrogen and oxygen atoms in total. The van der Waals surface area contributed by atoms with Gasteiger partial charge in [0.05, 0.1) is 6.04 Å². The monoisotopic (exact) mass is 387 g/mol. The number of carbonyl (C=O) groups is 1. The zero-order valence-corrected chi connectivity index (χ0v) is 15.5. The van der Waals surface area contributed by atoms with E-state index in [1.54, 1.807) is 0 Å². The zero-order valence-electron chi connectivity index (χ0n) is 12.3. The van der Waals surface area contributed by atoms with Gasteiger partial charge in [-0.2, -0.15) is 0 Å². The van der Waals surface area contributed by atoms with Gasteiger partial charge in [0.2, 0.25) is 5.91 Å². The Kier molecular flexibility index (Phi) is 7.47. The lowest BCUT2D eigenvalue weighted by molar-refractivity contribution is -0.121. The third-order valence-corrected chi connectivity index (χ3v) is 7.19. The molecule has 2 atom stereocenters. The van der Waals surface area contributed by atoms with Crippen LogP contribution in [0.1, 0.15) is 50.6 Å². The van der Waals surface area contributed by atoms with Crippen molar-refractivity contribution in [3.05, 3.63) is 34.3 Å². The van der Waals surface area contributed by atoms with Crippen molar-refractivity contribution in [2.75, 3.05) is 5.75 Å². The lowest BCUT2D eigenvalue weighted by atomic mass is 10.1. The fourth-order valence-electron chi connectivity index (χ4n) is 2.37. The van der Waals surface area contributed by atoms with E-state index in [9.17, 15) is 4.79 Å². The zero-order chi connectivity index (χ0) is 15.1. The van der Waals surface area contributed by atoms with Crippen molar-refractivity contribution >= 4 is 43.4 Å². The number of hydrogen-bond acceptors (Lipinski definition) is 3. The van der Waals surface area contributed by atoms with Crippen molar-refractivity contribution in [3.8, 4) is 0 Å². The topological polar surface area (TPSA) is 29.1 Å². The molecule has 1 aromatic carbocycles. The molecule has 1 amide bonds. The summed E-state index contributed by atoms with van der Waals surface area (Å²) in [7, 11) is 4.01. The van der Waals surface area contributed by atoms with Gasteiger partial charge < -0.3 is 5.32 Å². The Morgan fingerprint density at radius 1 is 1.38 bits per heavy atom. The van der Waals surface area contributed by atoms with Crippen LogP contribution in [0.3, 0.4) is 0 Å². The van der Waals surface area contributed by atoms with Gasteiger partial charge in [0, 0.05) is 21.9 Å². The van der Waals surface area contributed by atoms with Gasteiger partial charge in [-0.1, -0.05) is 56.1 Å². The number of rotatable bonds is 7. The highest BCUT2D eigenvalue weighted by atomic mass is 79.9. The average Bonchev–Trinajstić information content (AvgIpc) is 2.97. The smallest absolute Gasteiger partial charge is 0.220 e. The van der Waals surface area contributed by atoms with Crippen LogP contribution in [0.2, 0.25) is 0 Å². The Morgan fingerprint density at radius 3 is 2.81 bits per heavy atom. The van der Waals surface area contributed by atoms with Crippen LogP contribution in [-0.4, -0.2) is 16.9 Å². The third kappa shape index (κ3) is 6.25. The van der Waals surface area contributed by atoms with E-state index in [0.29, 0.717) is 6.42 Å². The molecule has 1 aromatic rings. The molecule has 1 fully saturated rings. The first-order chi connectivity index (χ1) is 10.1. The molecular weight excluding hydrogens is 366 g/mol. The van der Waals surface area contributed by atoms with Gasteiger partial charge in [0.15, 0.2) is 0 Å². The minimum Gasteiger partial charge on any atom is -0.350 e. The van der Waals surface area contributed by atoms with Crippen LogP contribution in [0, 0.1) is 0 Å². The molecule has 1 aliphatic heterocycles. The highest BCUT2D eigenvalue weighted by Crippen LogP contribution is 2.39. The molecule has 1 N–H and O–H groups in total. The summed E-state index contributed by atoms with van der Waals surface area (Å²) in [6.07, 6.45) is 5.40. The second kappa shape index (κ2) is 9.11. The predicted octanol–water partition coefficient (Wildman–Crippen LogP) is 5.34. The SMILES string of the molecule is CC(NC(=O)CCCCC1CCSS1)c1ccc(Br)cc1. The van der Waals surface area contributed by atoms with Crippen molar-refractivity contribution in [2.24, 2.45) is 0 Å². The van der Waals surface area contributed by atoms with Crippen LogP contribution in [0.4, 0.5) is 0 Å². The van der Waals surface area contributed by atoms with Crippen LogP contribution in [0.5, 0.6) is 0 Å². The van der Waals surface area contributed by atoms with Gasteiger partial charge in [-0.05, 0) is 43.9 Å². The highest BCUT2D eigenvalue weighted by Gasteiger charge is 2.16.